The number of anilines is 2. The van der Waals surface area contributed by atoms with Crippen molar-refractivity contribution in [3.8, 4) is 11.8 Å². The molecule has 1 aliphatic carbocycles. The Balaban J connectivity index is 1.45. The van der Waals surface area contributed by atoms with Crippen molar-refractivity contribution in [2.75, 3.05) is 31.0 Å². The fraction of sp³-hybridized carbons (Fsp3) is 0.346. The van der Waals surface area contributed by atoms with Crippen molar-refractivity contribution >= 4 is 23.1 Å². The molecule has 0 atom stereocenters. The van der Waals surface area contributed by atoms with E-state index in [1.807, 2.05) is 77.3 Å². The molecule has 1 fully saturated rings. The number of Topliss-reactive ketones (excluding diaryl/α,β-unsaturated/α-hetero) is 1. The minimum absolute atomic E-state index is 0.00901. The minimum atomic E-state index is -0.312. The number of para-hydroxylation sites is 2. The molecule has 0 aromatic heterocycles. The molecular weight excluding hydrogens is 416 g/mol. The van der Waals surface area contributed by atoms with Crippen molar-refractivity contribution in [3.05, 3.63) is 65.5 Å². The third-order valence-electron chi connectivity index (χ3n) is 6.24. The molecule has 0 radical (unpaired) electrons. The lowest BCUT2D eigenvalue weighted by molar-refractivity contribution is -0.133. The first-order valence-electron chi connectivity index (χ1n) is 11.1. The summed E-state index contributed by atoms with van der Waals surface area (Å²) in [5, 5.41) is 9.79. The molecule has 7 nitrogen and oxygen atoms in total. The van der Waals surface area contributed by atoms with Crippen molar-refractivity contribution < 1.29 is 14.3 Å². The van der Waals surface area contributed by atoms with Crippen LogP contribution in [0.4, 0.5) is 11.4 Å². The Labute approximate surface area is 194 Å². The van der Waals surface area contributed by atoms with Crippen molar-refractivity contribution in [3.63, 3.8) is 0 Å². The van der Waals surface area contributed by atoms with Gasteiger partial charge in [0.05, 0.1) is 18.5 Å². The summed E-state index contributed by atoms with van der Waals surface area (Å²) in [6, 6.07) is 17.7. The van der Waals surface area contributed by atoms with Crippen molar-refractivity contribution in [1.82, 2.24) is 4.90 Å². The van der Waals surface area contributed by atoms with Gasteiger partial charge in [-0.25, -0.2) is 0 Å². The quantitative estimate of drug-likeness (QED) is 0.455. The molecule has 1 amide bonds. The van der Waals surface area contributed by atoms with E-state index in [-0.39, 0.29) is 36.1 Å². The number of fused-ring (bicyclic) bond motifs is 1. The number of methoxy groups -OCH3 is 1. The van der Waals surface area contributed by atoms with Gasteiger partial charge in [-0.05, 0) is 42.7 Å². The van der Waals surface area contributed by atoms with Crippen LogP contribution in [0.15, 0.2) is 59.9 Å². The summed E-state index contributed by atoms with van der Waals surface area (Å²) >= 11 is 0. The molecule has 0 unspecified atom stereocenters. The molecule has 170 valence electrons. The molecule has 0 N–H and O–H groups in total. The highest BCUT2D eigenvalue weighted by Gasteiger charge is 2.34. The summed E-state index contributed by atoms with van der Waals surface area (Å²) < 4.78 is 5.20. The normalized spacial score (nSPS) is 14.5. The number of benzene rings is 2. The fourth-order valence-corrected chi connectivity index (χ4v) is 4.28. The van der Waals surface area contributed by atoms with Gasteiger partial charge in [0.15, 0.2) is 5.78 Å². The third kappa shape index (κ3) is 4.56. The summed E-state index contributed by atoms with van der Waals surface area (Å²) in [5.41, 5.74) is 2.98. The predicted octanol–water partition coefficient (Wildman–Crippen LogP) is 3.86. The largest absolute Gasteiger partial charge is 0.497 e. The van der Waals surface area contributed by atoms with Crippen LogP contribution in [0.1, 0.15) is 31.2 Å². The molecule has 4 rings (SSSR count). The number of rotatable bonds is 8. The SMILES string of the molecule is COc1ccc(CN(C(=O)CCC(=O)C(C#N)=C2N(C)c3ccccc3N2C)C2CC2)cc1. The van der Waals surface area contributed by atoms with E-state index in [0.29, 0.717) is 12.4 Å². The number of allylic oxidation sites excluding steroid dienone is 1. The highest BCUT2D eigenvalue weighted by atomic mass is 16.5. The molecule has 2 aliphatic rings. The summed E-state index contributed by atoms with van der Waals surface area (Å²) in [5.74, 6) is 0.955. The number of carbonyl (C=O) groups is 2. The van der Waals surface area contributed by atoms with Crippen LogP contribution in [-0.2, 0) is 16.1 Å². The summed E-state index contributed by atoms with van der Waals surface area (Å²) in [4.78, 5) is 31.6. The van der Waals surface area contributed by atoms with Gasteiger partial charge in [0.1, 0.15) is 23.2 Å². The Morgan fingerprint density at radius 2 is 1.64 bits per heavy atom. The summed E-state index contributed by atoms with van der Waals surface area (Å²) in [6.45, 7) is 0.509. The van der Waals surface area contributed by atoms with E-state index in [4.69, 9.17) is 4.74 Å². The van der Waals surface area contributed by atoms with Crippen LogP contribution < -0.4 is 14.5 Å². The second kappa shape index (κ2) is 9.37. The maximum absolute atomic E-state index is 13.0. The second-order valence-electron chi connectivity index (χ2n) is 8.44. The number of ether oxygens (including phenoxy) is 1. The van der Waals surface area contributed by atoms with Crippen LogP contribution in [0.25, 0.3) is 0 Å². The maximum Gasteiger partial charge on any atom is 0.223 e. The number of amides is 1. The van der Waals surface area contributed by atoms with E-state index in [2.05, 4.69) is 6.07 Å². The molecule has 1 saturated carbocycles. The van der Waals surface area contributed by atoms with Crippen LogP contribution >= 0.6 is 0 Å². The van der Waals surface area contributed by atoms with Crippen LogP contribution in [0.2, 0.25) is 0 Å². The average Bonchev–Trinajstić information content (AvgIpc) is 3.65. The Bertz CT molecular complexity index is 1100. The number of nitrogens with zero attached hydrogens (tertiary/aromatic N) is 4. The van der Waals surface area contributed by atoms with Gasteiger partial charge in [0.25, 0.3) is 0 Å². The van der Waals surface area contributed by atoms with E-state index >= 15 is 0 Å². The Hall–Kier alpha value is -3.79. The van der Waals surface area contributed by atoms with Crippen LogP contribution in [-0.4, -0.2) is 43.8 Å². The second-order valence-corrected chi connectivity index (χ2v) is 8.44. The lowest BCUT2D eigenvalue weighted by Gasteiger charge is -2.23. The van der Waals surface area contributed by atoms with Gasteiger partial charge in [-0.1, -0.05) is 24.3 Å². The van der Waals surface area contributed by atoms with E-state index < -0.39 is 0 Å². The highest BCUT2D eigenvalue weighted by Crippen LogP contribution is 2.40. The van der Waals surface area contributed by atoms with Gasteiger partial charge < -0.3 is 19.4 Å². The lowest BCUT2D eigenvalue weighted by Crippen LogP contribution is -2.33. The van der Waals surface area contributed by atoms with Gasteiger partial charge in [-0.3, -0.25) is 9.59 Å². The molecule has 1 aliphatic heterocycles. The summed E-state index contributed by atoms with van der Waals surface area (Å²) in [7, 11) is 5.31. The van der Waals surface area contributed by atoms with Gasteiger partial charge in [0, 0.05) is 39.5 Å². The van der Waals surface area contributed by atoms with Crippen LogP contribution in [0.5, 0.6) is 5.75 Å². The molecule has 0 bridgehead atoms. The number of nitriles is 1. The Kier molecular flexibility index (Phi) is 6.36. The van der Waals surface area contributed by atoms with Crippen molar-refractivity contribution in [2.45, 2.75) is 38.3 Å². The first-order chi connectivity index (χ1) is 15.9. The van der Waals surface area contributed by atoms with E-state index in [1.165, 1.54) is 0 Å². The highest BCUT2D eigenvalue weighted by molar-refractivity contribution is 6.03. The molecule has 0 saturated heterocycles. The van der Waals surface area contributed by atoms with E-state index in [0.717, 1.165) is 35.5 Å². The van der Waals surface area contributed by atoms with E-state index in [1.54, 1.807) is 7.11 Å². The first kappa shape index (κ1) is 22.4. The van der Waals surface area contributed by atoms with Gasteiger partial charge in [-0.15, -0.1) is 0 Å². The summed E-state index contributed by atoms with van der Waals surface area (Å²) in [6.07, 6.45) is 2.06. The smallest absolute Gasteiger partial charge is 0.223 e. The average molecular weight is 445 g/mol. The Morgan fingerprint density at radius 3 is 2.15 bits per heavy atom. The minimum Gasteiger partial charge on any atom is -0.497 e. The maximum atomic E-state index is 13.0. The topological polar surface area (TPSA) is 76.9 Å². The number of carbonyl (C=O) groups excluding carboxylic acids is 2. The molecule has 2 aromatic rings. The van der Waals surface area contributed by atoms with Crippen LogP contribution in [0, 0.1) is 11.3 Å². The predicted molar refractivity (Wildman–Crippen MR) is 127 cm³/mol. The molecule has 1 heterocycles. The lowest BCUT2D eigenvalue weighted by atomic mass is 10.1. The molecule has 33 heavy (non-hydrogen) atoms. The number of hydrogen-bond acceptors (Lipinski definition) is 6. The van der Waals surface area contributed by atoms with Gasteiger partial charge in [-0.2, -0.15) is 5.26 Å². The monoisotopic (exact) mass is 444 g/mol. The fourth-order valence-electron chi connectivity index (χ4n) is 4.28. The zero-order valence-corrected chi connectivity index (χ0v) is 19.2. The molecule has 2 aromatic carbocycles. The van der Waals surface area contributed by atoms with Crippen LogP contribution in [0.3, 0.4) is 0 Å². The molecule has 0 spiro atoms. The van der Waals surface area contributed by atoms with E-state index in [9.17, 15) is 14.9 Å². The zero-order valence-electron chi connectivity index (χ0n) is 19.2. The standard InChI is InChI=1S/C26H28N4O3/c1-28-22-6-4-5-7-23(22)29(2)26(28)21(16-27)24(31)14-15-25(32)30(19-10-11-19)17-18-8-12-20(33-3)13-9-18/h4-9,12-13,19H,10-11,14-15,17H2,1-3H3. The Morgan fingerprint density at radius 1 is 1.03 bits per heavy atom. The van der Waals surface area contributed by atoms with Gasteiger partial charge >= 0.3 is 0 Å². The zero-order chi connectivity index (χ0) is 23.5. The first-order valence-corrected chi connectivity index (χ1v) is 11.1. The third-order valence-corrected chi connectivity index (χ3v) is 6.24. The molecular formula is C26H28N4O3. The van der Waals surface area contributed by atoms with Crippen molar-refractivity contribution in [2.24, 2.45) is 0 Å². The number of hydrogen-bond donors (Lipinski definition) is 0. The molecule has 7 heteroatoms. The number of ketones is 1. The van der Waals surface area contributed by atoms with Crippen molar-refractivity contribution in [1.29, 1.82) is 5.26 Å². The van der Waals surface area contributed by atoms with Gasteiger partial charge in [0.2, 0.25) is 5.91 Å².